The molecule has 1 saturated carbocycles. The van der Waals surface area contributed by atoms with E-state index in [4.69, 9.17) is 0 Å². The summed E-state index contributed by atoms with van der Waals surface area (Å²) >= 11 is 0. The maximum absolute atomic E-state index is 10.2. The molecule has 0 spiro atoms. The highest BCUT2D eigenvalue weighted by Crippen LogP contribution is 2.27. The van der Waals surface area contributed by atoms with Gasteiger partial charge in [0.2, 0.25) is 0 Å². The molecular formula is C12H21N3O. The van der Waals surface area contributed by atoms with Crippen LogP contribution in [0, 0.1) is 5.92 Å². The quantitative estimate of drug-likeness (QED) is 0.846. The Morgan fingerprint density at radius 1 is 1.44 bits per heavy atom. The monoisotopic (exact) mass is 223 g/mol. The van der Waals surface area contributed by atoms with Crippen LogP contribution < -0.4 is 0 Å². The van der Waals surface area contributed by atoms with Crippen molar-refractivity contribution in [1.82, 2.24) is 14.8 Å². The number of nitrogens with zero attached hydrogens (tertiary/aromatic N) is 3. The lowest BCUT2D eigenvalue weighted by molar-refractivity contribution is 0.0823. The molecule has 4 heteroatoms. The highest BCUT2D eigenvalue weighted by Gasteiger charge is 2.23. The molecule has 1 unspecified atom stereocenters. The predicted molar refractivity (Wildman–Crippen MR) is 62.0 cm³/mol. The van der Waals surface area contributed by atoms with E-state index in [9.17, 15) is 5.11 Å². The first kappa shape index (κ1) is 11.6. The van der Waals surface area contributed by atoms with E-state index in [1.54, 1.807) is 6.33 Å². The molecule has 2 rings (SSSR count). The average Bonchev–Trinajstić information content (AvgIpc) is 2.77. The van der Waals surface area contributed by atoms with Crippen LogP contribution >= 0.6 is 0 Å². The van der Waals surface area contributed by atoms with Gasteiger partial charge in [0.15, 0.2) is 0 Å². The van der Waals surface area contributed by atoms with Gasteiger partial charge < -0.3 is 5.11 Å². The van der Waals surface area contributed by atoms with Gasteiger partial charge in [-0.3, -0.25) is 4.68 Å². The molecule has 0 saturated heterocycles. The van der Waals surface area contributed by atoms with E-state index in [0.29, 0.717) is 12.3 Å². The molecule has 0 aromatic carbocycles. The van der Waals surface area contributed by atoms with Crippen LogP contribution in [0.25, 0.3) is 0 Å². The van der Waals surface area contributed by atoms with Gasteiger partial charge in [-0.05, 0) is 25.7 Å². The Labute approximate surface area is 96.7 Å². The SMILES string of the molecule is CCn1ncnc1CC(O)C1CCCCC1. The van der Waals surface area contributed by atoms with E-state index >= 15 is 0 Å². The van der Waals surface area contributed by atoms with Gasteiger partial charge >= 0.3 is 0 Å². The fourth-order valence-corrected chi connectivity index (χ4v) is 2.58. The summed E-state index contributed by atoms with van der Waals surface area (Å²) in [5, 5.41) is 14.3. The minimum Gasteiger partial charge on any atom is -0.392 e. The summed E-state index contributed by atoms with van der Waals surface area (Å²) in [6.45, 7) is 2.87. The lowest BCUT2D eigenvalue weighted by Crippen LogP contribution is -2.26. The van der Waals surface area contributed by atoms with Crippen LogP contribution in [0.15, 0.2) is 6.33 Å². The van der Waals surface area contributed by atoms with Crippen molar-refractivity contribution in [3.8, 4) is 0 Å². The van der Waals surface area contributed by atoms with Crippen LogP contribution in [0.1, 0.15) is 44.9 Å². The molecule has 1 atom stereocenters. The number of rotatable bonds is 4. The van der Waals surface area contributed by atoms with Gasteiger partial charge in [0.05, 0.1) is 6.10 Å². The summed E-state index contributed by atoms with van der Waals surface area (Å²) in [5.74, 6) is 1.39. The molecule has 0 amide bonds. The van der Waals surface area contributed by atoms with Crippen molar-refractivity contribution in [2.75, 3.05) is 0 Å². The summed E-state index contributed by atoms with van der Waals surface area (Å²) in [5.41, 5.74) is 0. The van der Waals surface area contributed by atoms with Crippen LogP contribution in [0.2, 0.25) is 0 Å². The Bertz CT molecular complexity index is 318. The van der Waals surface area contributed by atoms with Crippen molar-refractivity contribution in [3.05, 3.63) is 12.2 Å². The lowest BCUT2D eigenvalue weighted by atomic mass is 9.84. The second kappa shape index (κ2) is 5.43. The number of aromatic nitrogens is 3. The zero-order valence-electron chi connectivity index (χ0n) is 9.97. The molecule has 0 radical (unpaired) electrons. The van der Waals surface area contributed by atoms with Gasteiger partial charge in [-0.1, -0.05) is 19.3 Å². The molecule has 16 heavy (non-hydrogen) atoms. The van der Waals surface area contributed by atoms with Gasteiger partial charge in [0, 0.05) is 13.0 Å². The van der Waals surface area contributed by atoms with E-state index in [-0.39, 0.29) is 6.10 Å². The normalized spacial score (nSPS) is 19.9. The summed E-state index contributed by atoms with van der Waals surface area (Å²) < 4.78 is 1.87. The number of aliphatic hydroxyl groups is 1. The van der Waals surface area contributed by atoms with Crippen molar-refractivity contribution < 1.29 is 5.11 Å². The number of hydrogen-bond acceptors (Lipinski definition) is 3. The minimum absolute atomic E-state index is 0.241. The first-order valence-corrected chi connectivity index (χ1v) is 6.36. The molecule has 4 nitrogen and oxygen atoms in total. The Morgan fingerprint density at radius 2 is 2.19 bits per heavy atom. The van der Waals surface area contributed by atoms with Gasteiger partial charge in [-0.2, -0.15) is 5.10 Å². The molecule has 90 valence electrons. The molecular weight excluding hydrogens is 202 g/mol. The maximum atomic E-state index is 10.2. The van der Waals surface area contributed by atoms with E-state index in [1.165, 1.54) is 32.1 Å². The smallest absolute Gasteiger partial charge is 0.138 e. The van der Waals surface area contributed by atoms with Gasteiger partial charge in [-0.15, -0.1) is 0 Å². The standard InChI is InChI=1S/C12H21N3O/c1-2-15-12(13-9-14-15)8-11(16)10-6-4-3-5-7-10/h9-11,16H,2-8H2,1H3. The molecule has 0 bridgehead atoms. The van der Waals surface area contributed by atoms with E-state index in [0.717, 1.165) is 12.4 Å². The van der Waals surface area contributed by atoms with Gasteiger partial charge in [0.1, 0.15) is 12.2 Å². The fraction of sp³-hybridized carbons (Fsp3) is 0.833. The molecule has 1 heterocycles. The van der Waals surface area contributed by atoms with Gasteiger partial charge in [0.25, 0.3) is 0 Å². The highest BCUT2D eigenvalue weighted by molar-refractivity contribution is 4.89. The Morgan fingerprint density at radius 3 is 2.88 bits per heavy atom. The van der Waals surface area contributed by atoms with Crippen molar-refractivity contribution >= 4 is 0 Å². The van der Waals surface area contributed by atoms with Crippen molar-refractivity contribution in [2.45, 2.75) is 58.1 Å². The molecule has 1 aromatic heterocycles. The number of aryl methyl sites for hydroxylation is 1. The van der Waals surface area contributed by atoms with E-state index < -0.39 is 0 Å². The number of hydrogen-bond donors (Lipinski definition) is 1. The van der Waals surface area contributed by atoms with Crippen LogP contribution in [0.5, 0.6) is 0 Å². The predicted octanol–water partition coefficient (Wildman–Crippen LogP) is 1.78. The van der Waals surface area contributed by atoms with Crippen LogP contribution in [-0.4, -0.2) is 26.0 Å². The second-order valence-electron chi connectivity index (χ2n) is 4.66. The largest absolute Gasteiger partial charge is 0.392 e. The second-order valence-corrected chi connectivity index (χ2v) is 4.66. The molecule has 1 aromatic rings. The third-order valence-corrected chi connectivity index (χ3v) is 3.58. The van der Waals surface area contributed by atoms with Crippen molar-refractivity contribution in [3.63, 3.8) is 0 Å². The maximum Gasteiger partial charge on any atom is 0.138 e. The van der Waals surface area contributed by atoms with Gasteiger partial charge in [-0.25, -0.2) is 4.98 Å². The lowest BCUT2D eigenvalue weighted by Gasteiger charge is -2.26. The Kier molecular flexibility index (Phi) is 3.93. The highest BCUT2D eigenvalue weighted by atomic mass is 16.3. The average molecular weight is 223 g/mol. The third-order valence-electron chi connectivity index (χ3n) is 3.58. The zero-order chi connectivity index (χ0) is 11.4. The van der Waals surface area contributed by atoms with Crippen molar-refractivity contribution in [2.24, 2.45) is 5.92 Å². The molecule has 1 N–H and O–H groups in total. The first-order chi connectivity index (χ1) is 7.81. The van der Waals surface area contributed by atoms with Crippen LogP contribution in [0.3, 0.4) is 0 Å². The zero-order valence-corrected chi connectivity index (χ0v) is 9.97. The summed E-state index contributed by atoms with van der Waals surface area (Å²) in [7, 11) is 0. The van der Waals surface area contributed by atoms with E-state index in [1.807, 2.05) is 11.6 Å². The molecule has 1 aliphatic rings. The van der Waals surface area contributed by atoms with Crippen LogP contribution in [0.4, 0.5) is 0 Å². The summed E-state index contributed by atoms with van der Waals surface area (Å²) in [4.78, 5) is 4.21. The number of aliphatic hydroxyl groups excluding tert-OH is 1. The first-order valence-electron chi connectivity index (χ1n) is 6.36. The summed E-state index contributed by atoms with van der Waals surface area (Å²) in [6, 6.07) is 0. The van der Waals surface area contributed by atoms with Crippen LogP contribution in [-0.2, 0) is 13.0 Å². The molecule has 0 aliphatic heterocycles. The molecule has 1 aliphatic carbocycles. The van der Waals surface area contributed by atoms with E-state index in [2.05, 4.69) is 10.1 Å². The summed E-state index contributed by atoms with van der Waals surface area (Å²) in [6.07, 6.45) is 8.18. The third kappa shape index (κ3) is 2.61. The Balaban J connectivity index is 1.93. The Hall–Kier alpha value is -0.900. The van der Waals surface area contributed by atoms with Crippen molar-refractivity contribution in [1.29, 1.82) is 0 Å². The topological polar surface area (TPSA) is 50.9 Å². The molecule has 1 fully saturated rings. The minimum atomic E-state index is -0.241. The fourth-order valence-electron chi connectivity index (χ4n) is 2.58.